The Kier molecular flexibility index (Phi) is 7.37. The van der Waals surface area contributed by atoms with E-state index in [9.17, 15) is 9.18 Å². The van der Waals surface area contributed by atoms with Gasteiger partial charge in [-0.05, 0) is 55.8 Å². The highest BCUT2D eigenvalue weighted by Gasteiger charge is 2.15. The molecule has 0 saturated heterocycles. The van der Waals surface area contributed by atoms with E-state index >= 15 is 0 Å². The smallest absolute Gasteiger partial charge is 0.220 e. The zero-order valence-corrected chi connectivity index (χ0v) is 13.2. The van der Waals surface area contributed by atoms with Gasteiger partial charge in [-0.2, -0.15) is 0 Å². The molecule has 1 aromatic carbocycles. The quantitative estimate of drug-likeness (QED) is 0.772. The van der Waals surface area contributed by atoms with Gasteiger partial charge in [-0.15, -0.1) is 0 Å². The molecule has 1 aromatic rings. The average molecular weight is 294 g/mol. The number of carbonyl (C=O) groups excluding carboxylic acids is 1. The Morgan fingerprint density at radius 1 is 1.19 bits per heavy atom. The summed E-state index contributed by atoms with van der Waals surface area (Å²) in [5.74, 6) is 0.797. The zero-order valence-electron chi connectivity index (χ0n) is 13.2. The van der Waals surface area contributed by atoms with Crippen LogP contribution in [0.15, 0.2) is 24.3 Å². The van der Waals surface area contributed by atoms with E-state index in [1.54, 1.807) is 12.1 Å². The third-order valence-electron chi connectivity index (χ3n) is 3.97. The largest absolute Gasteiger partial charge is 0.350 e. The Labute approximate surface area is 127 Å². The van der Waals surface area contributed by atoms with Crippen molar-refractivity contribution < 1.29 is 9.18 Å². The molecule has 2 atom stereocenters. The van der Waals surface area contributed by atoms with E-state index in [0.717, 1.165) is 18.4 Å². The van der Waals surface area contributed by atoms with Crippen molar-refractivity contribution in [2.24, 2.45) is 17.6 Å². The summed E-state index contributed by atoms with van der Waals surface area (Å²) in [6.45, 7) is 6.90. The van der Waals surface area contributed by atoms with Crippen molar-refractivity contribution >= 4 is 5.91 Å². The van der Waals surface area contributed by atoms with Crippen molar-refractivity contribution in [1.29, 1.82) is 0 Å². The summed E-state index contributed by atoms with van der Waals surface area (Å²) in [6, 6.07) is 6.12. The molecule has 3 nitrogen and oxygen atoms in total. The molecule has 1 rings (SSSR count). The number of hydrogen-bond donors (Lipinski definition) is 2. The van der Waals surface area contributed by atoms with Gasteiger partial charge in [0.05, 0.1) is 6.04 Å². The van der Waals surface area contributed by atoms with Gasteiger partial charge < -0.3 is 11.1 Å². The third kappa shape index (κ3) is 6.25. The standard InChI is InChI=1S/C17H27FN2O/c1-12(2)14(10-11-19)6-9-17(21)20-13(3)15-4-7-16(18)8-5-15/h4-5,7-8,12-14H,6,9-11,19H2,1-3H3,(H,20,21). The van der Waals surface area contributed by atoms with E-state index in [0.29, 0.717) is 24.8 Å². The molecule has 0 aliphatic carbocycles. The van der Waals surface area contributed by atoms with E-state index in [-0.39, 0.29) is 17.8 Å². The van der Waals surface area contributed by atoms with Crippen LogP contribution in [-0.2, 0) is 4.79 Å². The van der Waals surface area contributed by atoms with Crippen molar-refractivity contribution in [1.82, 2.24) is 5.32 Å². The minimum Gasteiger partial charge on any atom is -0.350 e. The fourth-order valence-electron chi connectivity index (χ4n) is 2.49. The first-order chi connectivity index (χ1) is 9.93. The second-order valence-electron chi connectivity index (χ2n) is 5.96. The van der Waals surface area contributed by atoms with Crippen LogP contribution in [0.25, 0.3) is 0 Å². The molecule has 118 valence electrons. The molecule has 0 aliphatic rings. The number of hydrogen-bond acceptors (Lipinski definition) is 2. The van der Waals surface area contributed by atoms with Gasteiger partial charge in [-0.3, -0.25) is 4.79 Å². The molecule has 0 spiro atoms. The van der Waals surface area contributed by atoms with Gasteiger partial charge in [-0.1, -0.05) is 26.0 Å². The second-order valence-corrected chi connectivity index (χ2v) is 5.96. The van der Waals surface area contributed by atoms with Crippen LogP contribution in [0.4, 0.5) is 4.39 Å². The molecule has 0 saturated carbocycles. The molecule has 0 heterocycles. The number of amides is 1. The van der Waals surface area contributed by atoms with Crippen LogP contribution < -0.4 is 11.1 Å². The van der Waals surface area contributed by atoms with E-state index in [1.807, 2.05) is 6.92 Å². The molecule has 0 aromatic heterocycles. The Morgan fingerprint density at radius 3 is 2.33 bits per heavy atom. The normalized spacial score (nSPS) is 14.0. The molecule has 4 heteroatoms. The first-order valence-electron chi connectivity index (χ1n) is 7.69. The van der Waals surface area contributed by atoms with E-state index in [1.165, 1.54) is 12.1 Å². The number of halogens is 1. The van der Waals surface area contributed by atoms with Crippen molar-refractivity contribution in [2.75, 3.05) is 6.54 Å². The number of nitrogens with two attached hydrogens (primary N) is 1. The van der Waals surface area contributed by atoms with Crippen LogP contribution in [0, 0.1) is 17.7 Å². The highest BCUT2D eigenvalue weighted by Crippen LogP contribution is 2.21. The van der Waals surface area contributed by atoms with Crippen LogP contribution in [0.3, 0.4) is 0 Å². The Morgan fingerprint density at radius 2 is 1.81 bits per heavy atom. The minimum absolute atomic E-state index is 0.0366. The number of carbonyl (C=O) groups is 1. The van der Waals surface area contributed by atoms with Gasteiger partial charge in [0, 0.05) is 6.42 Å². The Hall–Kier alpha value is -1.42. The number of benzene rings is 1. The van der Waals surface area contributed by atoms with Gasteiger partial charge in [-0.25, -0.2) is 4.39 Å². The third-order valence-corrected chi connectivity index (χ3v) is 3.97. The van der Waals surface area contributed by atoms with Crippen molar-refractivity contribution in [2.45, 2.75) is 46.1 Å². The Balaban J connectivity index is 2.44. The molecule has 0 bridgehead atoms. The monoisotopic (exact) mass is 294 g/mol. The van der Waals surface area contributed by atoms with Gasteiger partial charge in [0.2, 0.25) is 5.91 Å². The summed E-state index contributed by atoms with van der Waals surface area (Å²) in [5, 5.41) is 2.96. The van der Waals surface area contributed by atoms with Crippen molar-refractivity contribution in [3.8, 4) is 0 Å². The van der Waals surface area contributed by atoms with E-state index in [4.69, 9.17) is 5.73 Å². The molecule has 21 heavy (non-hydrogen) atoms. The van der Waals surface area contributed by atoms with Crippen LogP contribution in [-0.4, -0.2) is 12.5 Å². The average Bonchev–Trinajstić information content (AvgIpc) is 2.43. The lowest BCUT2D eigenvalue weighted by molar-refractivity contribution is -0.122. The van der Waals surface area contributed by atoms with E-state index in [2.05, 4.69) is 19.2 Å². The van der Waals surface area contributed by atoms with Crippen LogP contribution >= 0.6 is 0 Å². The maximum atomic E-state index is 12.9. The maximum absolute atomic E-state index is 12.9. The zero-order chi connectivity index (χ0) is 15.8. The van der Waals surface area contributed by atoms with Crippen LogP contribution in [0.5, 0.6) is 0 Å². The molecular formula is C17H27FN2O. The van der Waals surface area contributed by atoms with Gasteiger partial charge in [0.1, 0.15) is 5.82 Å². The number of rotatable bonds is 8. The fourth-order valence-corrected chi connectivity index (χ4v) is 2.49. The summed E-state index contributed by atoms with van der Waals surface area (Å²) < 4.78 is 12.9. The van der Waals surface area contributed by atoms with Crippen LogP contribution in [0.1, 0.15) is 51.6 Å². The van der Waals surface area contributed by atoms with Gasteiger partial charge in [0.15, 0.2) is 0 Å². The molecule has 0 fully saturated rings. The molecular weight excluding hydrogens is 267 g/mol. The minimum atomic E-state index is -0.265. The summed E-state index contributed by atoms with van der Waals surface area (Å²) in [6.07, 6.45) is 2.32. The lowest BCUT2D eigenvalue weighted by Crippen LogP contribution is -2.27. The predicted molar refractivity (Wildman–Crippen MR) is 84.2 cm³/mol. The topological polar surface area (TPSA) is 55.1 Å². The molecule has 2 unspecified atom stereocenters. The van der Waals surface area contributed by atoms with Gasteiger partial charge in [0.25, 0.3) is 0 Å². The predicted octanol–water partition coefficient (Wildman–Crippen LogP) is 3.40. The first-order valence-corrected chi connectivity index (χ1v) is 7.69. The summed E-state index contributed by atoms with van der Waals surface area (Å²) in [7, 11) is 0. The second kappa shape index (κ2) is 8.78. The lowest BCUT2D eigenvalue weighted by Gasteiger charge is -2.20. The summed E-state index contributed by atoms with van der Waals surface area (Å²) >= 11 is 0. The molecule has 1 amide bonds. The Bertz CT molecular complexity index is 431. The number of nitrogens with one attached hydrogen (secondary N) is 1. The molecule has 3 N–H and O–H groups in total. The lowest BCUT2D eigenvalue weighted by atomic mass is 9.88. The maximum Gasteiger partial charge on any atom is 0.220 e. The highest BCUT2D eigenvalue weighted by molar-refractivity contribution is 5.76. The summed E-state index contributed by atoms with van der Waals surface area (Å²) in [5.41, 5.74) is 6.52. The first kappa shape index (κ1) is 17.6. The van der Waals surface area contributed by atoms with E-state index < -0.39 is 0 Å². The highest BCUT2D eigenvalue weighted by atomic mass is 19.1. The fraction of sp³-hybridized carbons (Fsp3) is 0.588. The molecule has 0 aliphatic heterocycles. The van der Waals surface area contributed by atoms with Gasteiger partial charge >= 0.3 is 0 Å². The molecule has 0 radical (unpaired) electrons. The SMILES string of the molecule is CC(NC(=O)CCC(CCN)C(C)C)c1ccc(F)cc1. The van der Waals surface area contributed by atoms with Crippen molar-refractivity contribution in [3.63, 3.8) is 0 Å². The van der Waals surface area contributed by atoms with Crippen LogP contribution in [0.2, 0.25) is 0 Å². The summed E-state index contributed by atoms with van der Waals surface area (Å²) in [4.78, 5) is 12.0. The van der Waals surface area contributed by atoms with Crippen molar-refractivity contribution in [3.05, 3.63) is 35.6 Å².